The van der Waals surface area contributed by atoms with E-state index in [1.807, 2.05) is 0 Å². The molecule has 1 heterocycles. The Morgan fingerprint density at radius 1 is 1.30 bits per heavy atom. The van der Waals surface area contributed by atoms with Gasteiger partial charge in [-0.25, -0.2) is 0 Å². The molecule has 0 aliphatic heterocycles. The highest BCUT2D eigenvalue weighted by Crippen LogP contribution is 2.11. The van der Waals surface area contributed by atoms with Gasteiger partial charge >= 0.3 is 0 Å². The van der Waals surface area contributed by atoms with Gasteiger partial charge in [0.1, 0.15) is 0 Å². The Hall–Kier alpha value is -0.870. The van der Waals surface area contributed by atoms with E-state index in [0.29, 0.717) is 12.1 Å². The molecule has 116 valence electrons. The summed E-state index contributed by atoms with van der Waals surface area (Å²) in [7, 11) is 2.05. The predicted molar refractivity (Wildman–Crippen MR) is 86.2 cm³/mol. The second-order valence-electron chi connectivity index (χ2n) is 5.55. The molecule has 0 aliphatic carbocycles. The normalized spacial score (nSPS) is 14.7. The van der Waals surface area contributed by atoms with Crippen LogP contribution in [0.15, 0.2) is 12.3 Å². The molecule has 1 aromatic heterocycles. The summed E-state index contributed by atoms with van der Waals surface area (Å²) in [5.74, 6) is 0. The number of nitrogens with zero attached hydrogens (tertiary/aromatic N) is 3. The largest absolute Gasteiger partial charge is 0.317 e. The van der Waals surface area contributed by atoms with Crippen molar-refractivity contribution in [3.8, 4) is 0 Å². The van der Waals surface area contributed by atoms with Crippen molar-refractivity contribution in [1.29, 1.82) is 0 Å². The number of rotatable bonds is 10. The standard InChI is InChI=1S/C16H32N4/c1-6-14(4)20-12-10-16(18-20)13-15(17-5)9-11-19(7-2)8-3/h10,12,14-15,17H,6-9,11,13H2,1-5H3. The molecule has 0 amide bonds. The van der Waals surface area contributed by atoms with Crippen LogP contribution in [0.2, 0.25) is 0 Å². The van der Waals surface area contributed by atoms with Crippen LogP contribution in [-0.4, -0.2) is 47.4 Å². The number of likely N-dealkylation sites (N-methyl/N-ethyl adjacent to an activating group) is 1. The fraction of sp³-hybridized carbons (Fsp3) is 0.812. The monoisotopic (exact) mass is 280 g/mol. The predicted octanol–water partition coefficient (Wildman–Crippen LogP) is 2.72. The summed E-state index contributed by atoms with van der Waals surface area (Å²) in [6.07, 6.45) is 5.43. The van der Waals surface area contributed by atoms with Gasteiger partial charge in [0.05, 0.1) is 5.69 Å². The molecule has 0 fully saturated rings. The molecule has 0 spiro atoms. The van der Waals surface area contributed by atoms with Gasteiger partial charge in [-0.2, -0.15) is 5.10 Å². The summed E-state index contributed by atoms with van der Waals surface area (Å²) in [6.45, 7) is 12.3. The molecule has 0 bridgehead atoms. The average Bonchev–Trinajstić information content (AvgIpc) is 2.94. The second-order valence-corrected chi connectivity index (χ2v) is 5.55. The van der Waals surface area contributed by atoms with Gasteiger partial charge in [0.15, 0.2) is 0 Å². The lowest BCUT2D eigenvalue weighted by Gasteiger charge is -2.22. The molecule has 2 unspecified atom stereocenters. The number of nitrogens with one attached hydrogen (secondary N) is 1. The zero-order chi connectivity index (χ0) is 15.0. The van der Waals surface area contributed by atoms with Crippen LogP contribution < -0.4 is 5.32 Å². The van der Waals surface area contributed by atoms with E-state index < -0.39 is 0 Å². The second kappa shape index (κ2) is 9.14. The molecule has 1 rings (SSSR count). The molecule has 0 radical (unpaired) electrons. The first-order chi connectivity index (χ1) is 9.64. The van der Waals surface area contributed by atoms with Crippen molar-refractivity contribution in [2.45, 2.75) is 59.0 Å². The van der Waals surface area contributed by atoms with Gasteiger partial charge in [-0.05, 0) is 52.5 Å². The average molecular weight is 280 g/mol. The molecule has 1 N–H and O–H groups in total. The third-order valence-electron chi connectivity index (χ3n) is 4.26. The van der Waals surface area contributed by atoms with Crippen LogP contribution in [0.3, 0.4) is 0 Å². The highest BCUT2D eigenvalue weighted by Gasteiger charge is 2.12. The Labute approximate surface area is 124 Å². The molecule has 0 saturated carbocycles. The Bertz CT molecular complexity index is 357. The van der Waals surface area contributed by atoms with Gasteiger partial charge in [0.2, 0.25) is 0 Å². The molecule has 1 aromatic rings. The van der Waals surface area contributed by atoms with Gasteiger partial charge in [-0.1, -0.05) is 20.8 Å². The first-order valence-corrected chi connectivity index (χ1v) is 8.08. The van der Waals surface area contributed by atoms with Crippen molar-refractivity contribution in [2.75, 3.05) is 26.7 Å². The van der Waals surface area contributed by atoms with Crippen molar-refractivity contribution in [3.63, 3.8) is 0 Å². The summed E-state index contributed by atoms with van der Waals surface area (Å²) >= 11 is 0. The molecule has 0 aromatic carbocycles. The van der Waals surface area contributed by atoms with Crippen molar-refractivity contribution in [2.24, 2.45) is 0 Å². The van der Waals surface area contributed by atoms with E-state index in [1.165, 1.54) is 12.1 Å². The van der Waals surface area contributed by atoms with Crippen molar-refractivity contribution >= 4 is 0 Å². The van der Waals surface area contributed by atoms with Gasteiger partial charge in [0.25, 0.3) is 0 Å². The fourth-order valence-corrected chi connectivity index (χ4v) is 2.40. The molecular weight excluding hydrogens is 248 g/mol. The van der Waals surface area contributed by atoms with Crippen molar-refractivity contribution < 1.29 is 0 Å². The quantitative estimate of drug-likeness (QED) is 0.715. The van der Waals surface area contributed by atoms with Crippen LogP contribution in [-0.2, 0) is 6.42 Å². The maximum Gasteiger partial charge on any atom is 0.0640 e. The SMILES string of the molecule is CCC(C)n1ccc(CC(CCN(CC)CC)NC)n1. The van der Waals surface area contributed by atoms with Gasteiger partial charge in [-0.3, -0.25) is 4.68 Å². The van der Waals surface area contributed by atoms with E-state index in [9.17, 15) is 0 Å². The van der Waals surface area contributed by atoms with Gasteiger partial charge < -0.3 is 10.2 Å². The van der Waals surface area contributed by atoms with E-state index >= 15 is 0 Å². The maximum atomic E-state index is 4.70. The first kappa shape index (κ1) is 17.2. The van der Waals surface area contributed by atoms with Crippen LogP contribution in [0.1, 0.15) is 52.3 Å². The van der Waals surface area contributed by atoms with Crippen molar-refractivity contribution in [1.82, 2.24) is 20.0 Å². The van der Waals surface area contributed by atoms with E-state index in [1.54, 1.807) is 0 Å². The fourth-order valence-electron chi connectivity index (χ4n) is 2.40. The smallest absolute Gasteiger partial charge is 0.0640 e. The van der Waals surface area contributed by atoms with Gasteiger partial charge in [0, 0.05) is 24.7 Å². The van der Waals surface area contributed by atoms with Crippen LogP contribution in [0.5, 0.6) is 0 Å². The third-order valence-corrected chi connectivity index (χ3v) is 4.26. The van der Waals surface area contributed by atoms with Crippen LogP contribution in [0, 0.1) is 0 Å². The topological polar surface area (TPSA) is 33.1 Å². The third kappa shape index (κ3) is 5.25. The number of hydrogen-bond donors (Lipinski definition) is 1. The summed E-state index contributed by atoms with van der Waals surface area (Å²) in [6, 6.07) is 3.16. The Balaban J connectivity index is 2.49. The van der Waals surface area contributed by atoms with Crippen molar-refractivity contribution in [3.05, 3.63) is 18.0 Å². The summed E-state index contributed by atoms with van der Waals surface area (Å²) in [4.78, 5) is 2.47. The minimum atomic E-state index is 0.493. The highest BCUT2D eigenvalue weighted by molar-refractivity contribution is 5.02. The highest BCUT2D eigenvalue weighted by atomic mass is 15.3. The molecular formula is C16H32N4. The van der Waals surface area contributed by atoms with E-state index in [0.717, 1.165) is 32.5 Å². The van der Waals surface area contributed by atoms with E-state index in [4.69, 9.17) is 5.10 Å². The zero-order valence-corrected chi connectivity index (χ0v) is 13.9. The van der Waals surface area contributed by atoms with E-state index in [-0.39, 0.29) is 0 Å². The Kier molecular flexibility index (Phi) is 7.85. The lowest BCUT2D eigenvalue weighted by atomic mass is 10.1. The molecule has 4 nitrogen and oxygen atoms in total. The molecule has 2 atom stereocenters. The Morgan fingerprint density at radius 3 is 2.55 bits per heavy atom. The minimum Gasteiger partial charge on any atom is -0.317 e. The maximum absolute atomic E-state index is 4.70. The number of aromatic nitrogens is 2. The molecule has 4 heteroatoms. The van der Waals surface area contributed by atoms with Gasteiger partial charge in [-0.15, -0.1) is 0 Å². The summed E-state index contributed by atoms with van der Waals surface area (Å²) < 4.78 is 2.09. The van der Waals surface area contributed by atoms with Crippen LogP contribution >= 0.6 is 0 Å². The minimum absolute atomic E-state index is 0.493. The molecule has 0 aliphatic rings. The van der Waals surface area contributed by atoms with Crippen LogP contribution in [0.25, 0.3) is 0 Å². The summed E-state index contributed by atoms with van der Waals surface area (Å²) in [5, 5.41) is 8.13. The Morgan fingerprint density at radius 2 is 2.00 bits per heavy atom. The lowest BCUT2D eigenvalue weighted by Crippen LogP contribution is -2.34. The first-order valence-electron chi connectivity index (χ1n) is 8.08. The zero-order valence-electron chi connectivity index (χ0n) is 13.9. The number of hydrogen-bond acceptors (Lipinski definition) is 3. The lowest BCUT2D eigenvalue weighted by molar-refractivity contribution is 0.282. The summed E-state index contributed by atoms with van der Waals surface area (Å²) in [5.41, 5.74) is 1.20. The van der Waals surface area contributed by atoms with E-state index in [2.05, 4.69) is 61.9 Å². The molecule has 20 heavy (non-hydrogen) atoms. The van der Waals surface area contributed by atoms with Crippen LogP contribution in [0.4, 0.5) is 0 Å². The molecule has 0 saturated heterocycles.